The minimum absolute atomic E-state index is 0.108. The highest BCUT2D eigenvalue weighted by molar-refractivity contribution is 7.18. The van der Waals surface area contributed by atoms with Crippen LogP contribution in [-0.4, -0.2) is 31.0 Å². The predicted molar refractivity (Wildman–Crippen MR) is 110 cm³/mol. The Hall–Kier alpha value is -3.66. The van der Waals surface area contributed by atoms with Gasteiger partial charge in [0.2, 0.25) is 5.13 Å². The number of aromatic nitrogens is 4. The van der Waals surface area contributed by atoms with Crippen molar-refractivity contribution in [2.45, 2.75) is 19.3 Å². The third-order valence-electron chi connectivity index (χ3n) is 5.03. The minimum atomic E-state index is -0.973. The van der Waals surface area contributed by atoms with E-state index in [1.165, 1.54) is 22.1 Å². The van der Waals surface area contributed by atoms with E-state index in [1.54, 1.807) is 24.3 Å². The Morgan fingerprint density at radius 2 is 1.97 bits per heavy atom. The molecule has 2 N–H and O–H groups in total. The van der Waals surface area contributed by atoms with Crippen LogP contribution >= 0.6 is 11.3 Å². The van der Waals surface area contributed by atoms with Crippen LogP contribution in [0.25, 0.3) is 16.3 Å². The SMILES string of the molecule is O=C(Nc1nnc(-c2cccc(O)c2)s1)c1nn(-c2ccc(F)c(F)c2)c2c1CCC2. The quantitative estimate of drug-likeness (QED) is 0.499. The minimum Gasteiger partial charge on any atom is -0.508 e. The lowest BCUT2D eigenvalue weighted by Gasteiger charge is -2.05. The number of benzene rings is 2. The molecule has 156 valence electrons. The van der Waals surface area contributed by atoms with Gasteiger partial charge in [-0.1, -0.05) is 23.5 Å². The molecule has 7 nitrogen and oxygen atoms in total. The van der Waals surface area contributed by atoms with Crippen molar-refractivity contribution in [1.82, 2.24) is 20.0 Å². The van der Waals surface area contributed by atoms with Crippen LogP contribution in [0, 0.1) is 11.6 Å². The van der Waals surface area contributed by atoms with Gasteiger partial charge in [0.05, 0.1) is 5.69 Å². The van der Waals surface area contributed by atoms with E-state index >= 15 is 0 Å². The van der Waals surface area contributed by atoms with E-state index in [1.807, 2.05) is 0 Å². The molecule has 0 unspecified atom stereocenters. The summed E-state index contributed by atoms with van der Waals surface area (Å²) in [7, 11) is 0. The van der Waals surface area contributed by atoms with Gasteiger partial charge in [-0.2, -0.15) is 5.10 Å². The van der Waals surface area contributed by atoms with Crippen molar-refractivity contribution in [3.63, 3.8) is 0 Å². The summed E-state index contributed by atoms with van der Waals surface area (Å²) in [6.07, 6.45) is 2.21. The van der Waals surface area contributed by atoms with E-state index in [0.717, 1.165) is 29.8 Å². The fourth-order valence-corrected chi connectivity index (χ4v) is 4.37. The van der Waals surface area contributed by atoms with E-state index in [0.29, 0.717) is 29.1 Å². The molecule has 0 radical (unpaired) electrons. The van der Waals surface area contributed by atoms with Gasteiger partial charge in [-0.3, -0.25) is 10.1 Å². The number of halogens is 2. The molecule has 1 aliphatic carbocycles. The average Bonchev–Trinajstić information content (AvgIpc) is 3.47. The van der Waals surface area contributed by atoms with Crippen molar-refractivity contribution >= 4 is 22.4 Å². The van der Waals surface area contributed by atoms with Gasteiger partial charge in [-0.05, 0) is 43.5 Å². The molecule has 1 amide bonds. The first kappa shape index (κ1) is 19.3. The van der Waals surface area contributed by atoms with Gasteiger partial charge >= 0.3 is 0 Å². The van der Waals surface area contributed by atoms with Gasteiger partial charge < -0.3 is 5.11 Å². The molecule has 2 aromatic carbocycles. The van der Waals surface area contributed by atoms with Crippen LogP contribution < -0.4 is 5.32 Å². The molecular weight excluding hydrogens is 424 g/mol. The molecule has 0 fully saturated rings. The summed E-state index contributed by atoms with van der Waals surface area (Å²) in [5.74, 6) is -2.25. The standard InChI is InChI=1S/C21H15F2N5O2S/c22-15-8-7-12(10-16(15)23)28-17-6-2-5-14(17)18(27-28)19(30)24-21-26-25-20(31-21)11-3-1-4-13(29)9-11/h1,3-4,7-10,29H,2,5-6H2,(H,24,26,30). The van der Waals surface area contributed by atoms with E-state index < -0.39 is 17.5 Å². The summed E-state index contributed by atoms with van der Waals surface area (Å²) in [5, 5.41) is 25.6. The first-order valence-corrected chi connectivity index (χ1v) is 10.3. The number of hydrogen-bond acceptors (Lipinski definition) is 6. The van der Waals surface area contributed by atoms with Crippen LogP contribution in [0.4, 0.5) is 13.9 Å². The summed E-state index contributed by atoms with van der Waals surface area (Å²) in [6, 6.07) is 10.1. The number of phenols is 1. The zero-order chi connectivity index (χ0) is 21.5. The molecule has 0 saturated carbocycles. The van der Waals surface area contributed by atoms with Gasteiger partial charge in [0.15, 0.2) is 17.3 Å². The van der Waals surface area contributed by atoms with Crippen molar-refractivity contribution in [1.29, 1.82) is 0 Å². The zero-order valence-electron chi connectivity index (χ0n) is 16.0. The molecule has 0 aliphatic heterocycles. The number of rotatable bonds is 4. The lowest BCUT2D eigenvalue weighted by atomic mass is 10.2. The second-order valence-corrected chi connectivity index (χ2v) is 8.03. The van der Waals surface area contributed by atoms with E-state index in [-0.39, 0.29) is 16.6 Å². The van der Waals surface area contributed by atoms with Gasteiger partial charge in [0.25, 0.3) is 5.91 Å². The molecule has 10 heteroatoms. The van der Waals surface area contributed by atoms with Crippen molar-refractivity contribution in [3.8, 4) is 22.0 Å². The molecule has 0 spiro atoms. The number of phenolic OH excluding ortho intramolecular Hbond substituents is 1. The maximum absolute atomic E-state index is 13.7. The summed E-state index contributed by atoms with van der Waals surface area (Å²) >= 11 is 1.17. The Kier molecular flexibility index (Phi) is 4.70. The largest absolute Gasteiger partial charge is 0.508 e. The topological polar surface area (TPSA) is 92.9 Å². The highest BCUT2D eigenvalue weighted by Crippen LogP contribution is 2.31. The Morgan fingerprint density at radius 1 is 1.10 bits per heavy atom. The highest BCUT2D eigenvalue weighted by atomic mass is 32.1. The number of amides is 1. The Bertz CT molecular complexity index is 1320. The zero-order valence-corrected chi connectivity index (χ0v) is 16.8. The van der Waals surface area contributed by atoms with Crippen LogP contribution in [0.5, 0.6) is 5.75 Å². The number of carbonyl (C=O) groups is 1. The Morgan fingerprint density at radius 3 is 2.77 bits per heavy atom. The fourth-order valence-electron chi connectivity index (χ4n) is 3.64. The first-order chi connectivity index (χ1) is 15.0. The molecule has 1 aliphatic rings. The summed E-state index contributed by atoms with van der Waals surface area (Å²) in [4.78, 5) is 12.9. The summed E-state index contributed by atoms with van der Waals surface area (Å²) in [6.45, 7) is 0. The van der Waals surface area contributed by atoms with Gasteiger partial charge in [0, 0.05) is 22.9 Å². The maximum atomic E-state index is 13.7. The summed E-state index contributed by atoms with van der Waals surface area (Å²) in [5.41, 5.74) is 2.87. The molecule has 31 heavy (non-hydrogen) atoms. The molecule has 2 heterocycles. The fraction of sp³-hybridized carbons (Fsp3) is 0.143. The predicted octanol–water partition coefficient (Wildman–Crippen LogP) is 4.12. The molecule has 4 aromatic rings. The Balaban J connectivity index is 1.43. The highest BCUT2D eigenvalue weighted by Gasteiger charge is 2.28. The smallest absolute Gasteiger partial charge is 0.278 e. The number of anilines is 1. The number of nitrogens with zero attached hydrogens (tertiary/aromatic N) is 4. The van der Waals surface area contributed by atoms with Crippen LogP contribution in [0.2, 0.25) is 0 Å². The van der Waals surface area contributed by atoms with Gasteiger partial charge in [-0.25, -0.2) is 13.5 Å². The number of aromatic hydroxyl groups is 1. The lowest BCUT2D eigenvalue weighted by molar-refractivity contribution is 0.102. The molecular formula is C21H15F2N5O2S. The molecule has 2 aromatic heterocycles. The number of hydrogen-bond donors (Lipinski definition) is 2. The maximum Gasteiger partial charge on any atom is 0.278 e. The van der Waals surface area contributed by atoms with Crippen LogP contribution in [0.3, 0.4) is 0 Å². The molecule has 5 rings (SSSR count). The van der Waals surface area contributed by atoms with Crippen LogP contribution in [0.15, 0.2) is 42.5 Å². The van der Waals surface area contributed by atoms with E-state index in [2.05, 4.69) is 20.6 Å². The number of fused-ring (bicyclic) bond motifs is 1. The summed E-state index contributed by atoms with van der Waals surface area (Å²) < 4.78 is 28.5. The van der Waals surface area contributed by atoms with Crippen molar-refractivity contribution in [2.24, 2.45) is 0 Å². The molecule has 0 atom stereocenters. The molecule has 0 bridgehead atoms. The van der Waals surface area contributed by atoms with Crippen molar-refractivity contribution in [3.05, 3.63) is 71.1 Å². The third kappa shape index (κ3) is 3.55. The van der Waals surface area contributed by atoms with Crippen molar-refractivity contribution < 1.29 is 18.7 Å². The van der Waals surface area contributed by atoms with E-state index in [4.69, 9.17) is 0 Å². The average molecular weight is 439 g/mol. The number of carbonyl (C=O) groups excluding carboxylic acids is 1. The first-order valence-electron chi connectivity index (χ1n) is 9.50. The van der Waals surface area contributed by atoms with Gasteiger partial charge in [0.1, 0.15) is 10.8 Å². The second kappa shape index (κ2) is 7.55. The Labute approximate surface area is 179 Å². The monoisotopic (exact) mass is 439 g/mol. The van der Waals surface area contributed by atoms with Crippen LogP contribution in [0.1, 0.15) is 28.2 Å². The number of nitrogens with one attached hydrogen (secondary N) is 1. The van der Waals surface area contributed by atoms with Crippen LogP contribution in [-0.2, 0) is 12.8 Å². The normalized spacial score (nSPS) is 12.7. The van der Waals surface area contributed by atoms with E-state index in [9.17, 15) is 18.7 Å². The molecule has 0 saturated heterocycles. The van der Waals surface area contributed by atoms with Gasteiger partial charge in [-0.15, -0.1) is 10.2 Å². The third-order valence-corrected chi connectivity index (χ3v) is 5.92. The van der Waals surface area contributed by atoms with Crippen molar-refractivity contribution in [2.75, 3.05) is 5.32 Å². The second-order valence-electron chi connectivity index (χ2n) is 7.05. The lowest BCUT2D eigenvalue weighted by Crippen LogP contribution is -2.15.